The highest BCUT2D eigenvalue weighted by Gasteiger charge is 2.13. The average Bonchev–Trinajstić information content (AvgIpc) is 2.92. The van der Waals surface area contributed by atoms with Crippen LogP contribution in [0.5, 0.6) is 0 Å². The second-order valence-electron chi connectivity index (χ2n) is 6.83. The van der Waals surface area contributed by atoms with Crippen LogP contribution in [-0.4, -0.2) is 44.5 Å². The molecule has 2 N–H and O–H groups in total. The third kappa shape index (κ3) is 8.49. The molecule has 10 heteroatoms. The van der Waals surface area contributed by atoms with E-state index in [4.69, 9.17) is 10.2 Å². The van der Waals surface area contributed by atoms with Crippen LogP contribution >= 0.6 is 21.6 Å². The predicted octanol–water partition coefficient (Wildman–Crippen LogP) is 5.81. The molecule has 2 aromatic carbocycles. The second kappa shape index (κ2) is 14.2. The second-order valence-corrected chi connectivity index (χ2v) is 9.04. The molecule has 0 atom stereocenters. The molecule has 0 spiro atoms. The summed E-state index contributed by atoms with van der Waals surface area (Å²) in [6.45, 7) is 0. The van der Waals surface area contributed by atoms with Gasteiger partial charge in [-0.15, -0.1) is 0 Å². The number of pyridine rings is 2. The number of hydrogen-bond acceptors (Lipinski definition) is 8. The Morgan fingerprint density at radius 3 is 1.42 bits per heavy atom. The summed E-state index contributed by atoms with van der Waals surface area (Å²) in [5.74, 6) is -2.00. The Balaban J connectivity index is 0.000000205. The number of benzene rings is 2. The lowest BCUT2D eigenvalue weighted by atomic mass is 10.2. The summed E-state index contributed by atoms with van der Waals surface area (Å²) < 4.78 is 0. The minimum Gasteiger partial charge on any atom is -0.478 e. The van der Waals surface area contributed by atoms with Crippen LogP contribution in [0.2, 0.25) is 0 Å². The lowest BCUT2D eigenvalue weighted by Crippen LogP contribution is -1.98. The lowest BCUT2D eigenvalue weighted by molar-refractivity contribution is 0.0682. The highest BCUT2D eigenvalue weighted by Crippen LogP contribution is 2.40. The van der Waals surface area contributed by atoms with Crippen molar-refractivity contribution in [2.24, 2.45) is 10.2 Å². The molecule has 2 heterocycles. The van der Waals surface area contributed by atoms with Crippen molar-refractivity contribution in [3.8, 4) is 0 Å². The van der Waals surface area contributed by atoms with E-state index in [1.54, 1.807) is 73.6 Å². The molecule has 2 aromatic heterocycles. The standard InChI is InChI=1S/C14H10O4S2.C12H10N4/c15-13(16)9-5-1-3-7-11(9)19-20-12-8-4-2-6-10(12)14(17)18;1-3-11(7-13-5-1)9-15-16-10-12-4-2-6-14-8-12/h1-8H,(H,15,16)(H,17,18);1-10H/b;15-9+,16-10+. The summed E-state index contributed by atoms with van der Waals surface area (Å²) in [5, 5.41) is 26.0. The van der Waals surface area contributed by atoms with Crippen LogP contribution in [0.15, 0.2) is 118 Å². The molecule has 0 aliphatic rings. The van der Waals surface area contributed by atoms with Gasteiger partial charge < -0.3 is 10.2 Å². The first kappa shape index (κ1) is 26.3. The van der Waals surface area contributed by atoms with Gasteiger partial charge in [-0.3, -0.25) is 9.97 Å². The first-order valence-corrected chi connectivity index (χ1v) is 12.5. The van der Waals surface area contributed by atoms with Crippen LogP contribution in [-0.2, 0) is 0 Å². The van der Waals surface area contributed by atoms with E-state index < -0.39 is 11.9 Å². The smallest absolute Gasteiger partial charge is 0.336 e. The fourth-order valence-corrected chi connectivity index (χ4v) is 4.98. The zero-order valence-electron chi connectivity index (χ0n) is 18.7. The molecule has 180 valence electrons. The van der Waals surface area contributed by atoms with Crippen molar-refractivity contribution in [1.29, 1.82) is 0 Å². The van der Waals surface area contributed by atoms with E-state index in [1.165, 1.54) is 33.7 Å². The maximum atomic E-state index is 11.1. The fourth-order valence-electron chi connectivity index (χ4n) is 2.63. The molecule has 0 radical (unpaired) electrons. The minimum atomic E-state index is -1.000. The van der Waals surface area contributed by atoms with Gasteiger partial charge in [-0.05, 0) is 36.4 Å². The van der Waals surface area contributed by atoms with Crippen molar-refractivity contribution in [2.45, 2.75) is 9.79 Å². The SMILES string of the molecule is C(=N\N=C\c1cccnc1)/c1cccnc1.O=C(O)c1ccccc1SSc1ccccc1C(=O)O. The lowest BCUT2D eigenvalue weighted by Gasteiger charge is -2.06. The summed E-state index contributed by atoms with van der Waals surface area (Å²) in [6, 6.07) is 20.8. The molecule has 8 nitrogen and oxygen atoms in total. The molecule has 36 heavy (non-hydrogen) atoms. The van der Waals surface area contributed by atoms with Gasteiger partial charge in [0.1, 0.15) is 0 Å². The Morgan fingerprint density at radius 1 is 0.639 bits per heavy atom. The van der Waals surface area contributed by atoms with Gasteiger partial charge in [0.15, 0.2) is 0 Å². The van der Waals surface area contributed by atoms with Crippen LogP contribution < -0.4 is 0 Å². The number of hydrogen-bond donors (Lipinski definition) is 2. The van der Waals surface area contributed by atoms with Gasteiger partial charge in [0, 0.05) is 45.7 Å². The van der Waals surface area contributed by atoms with Crippen molar-refractivity contribution < 1.29 is 19.8 Å². The molecular weight excluding hydrogens is 496 g/mol. The Morgan fingerprint density at radius 2 is 1.06 bits per heavy atom. The predicted molar refractivity (Wildman–Crippen MR) is 142 cm³/mol. The molecule has 0 aliphatic heterocycles. The quantitative estimate of drug-likeness (QED) is 0.171. The number of rotatable bonds is 8. The van der Waals surface area contributed by atoms with Crippen molar-refractivity contribution in [3.63, 3.8) is 0 Å². The molecule has 0 amide bonds. The fraction of sp³-hybridized carbons (Fsp3) is 0. The molecule has 0 saturated carbocycles. The maximum Gasteiger partial charge on any atom is 0.336 e. The van der Waals surface area contributed by atoms with E-state index in [0.29, 0.717) is 9.79 Å². The first-order valence-electron chi connectivity index (χ1n) is 10.4. The highest BCUT2D eigenvalue weighted by molar-refractivity contribution is 8.76. The number of nitrogens with zero attached hydrogens (tertiary/aromatic N) is 4. The summed E-state index contributed by atoms with van der Waals surface area (Å²) >= 11 is 0. The van der Waals surface area contributed by atoms with Crippen LogP contribution in [0.3, 0.4) is 0 Å². The van der Waals surface area contributed by atoms with Crippen LogP contribution in [0.25, 0.3) is 0 Å². The zero-order chi connectivity index (χ0) is 25.6. The van der Waals surface area contributed by atoms with Gasteiger partial charge in [0.25, 0.3) is 0 Å². The molecule has 0 saturated heterocycles. The van der Waals surface area contributed by atoms with Crippen LogP contribution in [0.4, 0.5) is 0 Å². The number of carboxylic acids is 2. The number of aromatic nitrogens is 2. The molecule has 0 unspecified atom stereocenters. The Hall–Kier alpha value is -4.28. The van der Waals surface area contributed by atoms with E-state index in [1.807, 2.05) is 24.3 Å². The Labute approximate surface area is 215 Å². The van der Waals surface area contributed by atoms with E-state index >= 15 is 0 Å². The van der Waals surface area contributed by atoms with Gasteiger partial charge >= 0.3 is 11.9 Å². The molecule has 0 bridgehead atoms. The molecular formula is C26H20N4O4S2. The highest BCUT2D eigenvalue weighted by atomic mass is 33.1. The zero-order valence-corrected chi connectivity index (χ0v) is 20.3. The third-order valence-electron chi connectivity index (χ3n) is 4.31. The monoisotopic (exact) mass is 516 g/mol. The van der Waals surface area contributed by atoms with E-state index in [2.05, 4.69) is 20.2 Å². The van der Waals surface area contributed by atoms with Crippen LogP contribution in [0, 0.1) is 0 Å². The van der Waals surface area contributed by atoms with E-state index in [9.17, 15) is 9.59 Å². The summed E-state index contributed by atoms with van der Waals surface area (Å²) in [7, 11) is 2.47. The van der Waals surface area contributed by atoms with Crippen molar-refractivity contribution >= 4 is 46.0 Å². The Bertz CT molecular complexity index is 1250. The number of carbonyl (C=O) groups is 2. The summed E-state index contributed by atoms with van der Waals surface area (Å²) in [6.07, 6.45) is 10.2. The number of carboxylic acid groups (broad SMARTS) is 2. The maximum absolute atomic E-state index is 11.1. The van der Waals surface area contributed by atoms with Crippen molar-refractivity contribution in [1.82, 2.24) is 9.97 Å². The molecule has 0 aliphatic carbocycles. The van der Waals surface area contributed by atoms with Gasteiger partial charge in [-0.2, -0.15) is 10.2 Å². The number of aromatic carboxylic acids is 2. The summed E-state index contributed by atoms with van der Waals surface area (Å²) in [4.78, 5) is 31.3. The van der Waals surface area contributed by atoms with Gasteiger partial charge in [-0.1, -0.05) is 58.0 Å². The van der Waals surface area contributed by atoms with E-state index in [0.717, 1.165) is 11.1 Å². The summed E-state index contributed by atoms with van der Waals surface area (Å²) in [5.41, 5.74) is 2.26. The molecule has 0 fully saturated rings. The first-order chi connectivity index (χ1) is 17.5. The van der Waals surface area contributed by atoms with Gasteiger partial charge in [0.2, 0.25) is 0 Å². The largest absolute Gasteiger partial charge is 0.478 e. The van der Waals surface area contributed by atoms with Crippen LogP contribution in [0.1, 0.15) is 31.8 Å². The van der Waals surface area contributed by atoms with Crippen molar-refractivity contribution in [3.05, 3.63) is 120 Å². The molecule has 4 rings (SSSR count). The van der Waals surface area contributed by atoms with Gasteiger partial charge in [0.05, 0.1) is 23.6 Å². The van der Waals surface area contributed by atoms with Gasteiger partial charge in [-0.25, -0.2) is 9.59 Å². The topological polar surface area (TPSA) is 125 Å². The third-order valence-corrected chi connectivity index (χ3v) is 6.79. The average molecular weight is 517 g/mol. The normalized spacial score (nSPS) is 10.7. The Kier molecular flexibility index (Phi) is 10.4. The van der Waals surface area contributed by atoms with Crippen molar-refractivity contribution in [2.75, 3.05) is 0 Å². The molecule has 4 aromatic rings. The minimum absolute atomic E-state index is 0.206. The van der Waals surface area contributed by atoms with E-state index in [-0.39, 0.29) is 11.1 Å².